The Bertz CT molecular complexity index is 408. The van der Waals surface area contributed by atoms with Crippen molar-refractivity contribution in [2.75, 3.05) is 13.7 Å². The molecule has 1 aromatic rings. The summed E-state index contributed by atoms with van der Waals surface area (Å²) in [5.74, 6) is 0.989. The van der Waals surface area contributed by atoms with E-state index in [2.05, 4.69) is 19.9 Å². The van der Waals surface area contributed by atoms with Gasteiger partial charge in [-0.3, -0.25) is 4.79 Å². The number of methoxy groups -OCH3 is 1. The Morgan fingerprint density at radius 2 is 2.00 bits per heavy atom. The van der Waals surface area contributed by atoms with Crippen LogP contribution in [-0.2, 0) is 9.53 Å². The van der Waals surface area contributed by atoms with E-state index in [-0.39, 0.29) is 5.97 Å². The fourth-order valence-corrected chi connectivity index (χ4v) is 1.56. The molecule has 1 aromatic carbocycles. The highest BCUT2D eigenvalue weighted by Gasteiger charge is 2.29. The van der Waals surface area contributed by atoms with Gasteiger partial charge in [-0.25, -0.2) is 0 Å². The third kappa shape index (κ3) is 3.76. The highest BCUT2D eigenvalue weighted by Crippen LogP contribution is 2.23. The summed E-state index contributed by atoms with van der Waals surface area (Å²) in [6, 6.07) is 7.95. The SMILES string of the molecule is COC(=O)C(C)(C)COc1cccc(C(C)C)c1. The summed E-state index contributed by atoms with van der Waals surface area (Å²) in [7, 11) is 1.39. The highest BCUT2D eigenvalue weighted by molar-refractivity contribution is 5.75. The number of esters is 1. The van der Waals surface area contributed by atoms with Crippen molar-refractivity contribution in [3.8, 4) is 5.75 Å². The summed E-state index contributed by atoms with van der Waals surface area (Å²) in [6.07, 6.45) is 0. The Morgan fingerprint density at radius 1 is 1.33 bits per heavy atom. The predicted octanol–water partition coefficient (Wildman–Crippen LogP) is 3.39. The zero-order chi connectivity index (χ0) is 13.8. The Labute approximate surface area is 109 Å². The maximum absolute atomic E-state index is 11.5. The van der Waals surface area contributed by atoms with Crippen LogP contribution in [-0.4, -0.2) is 19.7 Å². The van der Waals surface area contributed by atoms with Gasteiger partial charge in [0.1, 0.15) is 12.4 Å². The van der Waals surface area contributed by atoms with Gasteiger partial charge in [-0.05, 0) is 37.5 Å². The third-order valence-electron chi connectivity index (χ3n) is 2.86. The molecule has 0 aliphatic rings. The molecule has 0 heterocycles. The van der Waals surface area contributed by atoms with Crippen LogP contribution in [0, 0.1) is 5.41 Å². The quantitative estimate of drug-likeness (QED) is 0.751. The van der Waals surface area contributed by atoms with Crippen LogP contribution in [0.4, 0.5) is 0 Å². The van der Waals surface area contributed by atoms with Crippen molar-refractivity contribution in [1.29, 1.82) is 0 Å². The number of benzene rings is 1. The molecule has 0 saturated heterocycles. The first-order valence-electron chi connectivity index (χ1n) is 6.18. The average Bonchev–Trinajstić information content (AvgIpc) is 2.35. The van der Waals surface area contributed by atoms with Gasteiger partial charge in [-0.1, -0.05) is 26.0 Å². The lowest BCUT2D eigenvalue weighted by atomic mass is 9.95. The van der Waals surface area contributed by atoms with Crippen LogP contribution in [0.1, 0.15) is 39.2 Å². The number of ether oxygens (including phenoxy) is 2. The summed E-state index contributed by atoms with van der Waals surface area (Å²) in [5.41, 5.74) is 0.589. The van der Waals surface area contributed by atoms with E-state index < -0.39 is 5.41 Å². The molecule has 0 bridgehead atoms. The van der Waals surface area contributed by atoms with Crippen molar-refractivity contribution in [2.45, 2.75) is 33.6 Å². The number of rotatable bonds is 5. The minimum Gasteiger partial charge on any atom is -0.492 e. The molecular formula is C15H22O3. The van der Waals surface area contributed by atoms with Gasteiger partial charge in [0.05, 0.1) is 12.5 Å². The Balaban J connectivity index is 2.69. The van der Waals surface area contributed by atoms with E-state index in [9.17, 15) is 4.79 Å². The van der Waals surface area contributed by atoms with E-state index in [1.54, 1.807) is 0 Å². The predicted molar refractivity (Wildman–Crippen MR) is 71.8 cm³/mol. The molecule has 0 N–H and O–H groups in total. The summed E-state index contributed by atoms with van der Waals surface area (Å²) in [4.78, 5) is 11.5. The number of carbonyl (C=O) groups excluding carboxylic acids is 1. The monoisotopic (exact) mass is 250 g/mol. The molecule has 0 aliphatic carbocycles. The molecule has 0 amide bonds. The maximum atomic E-state index is 11.5. The highest BCUT2D eigenvalue weighted by atomic mass is 16.5. The van der Waals surface area contributed by atoms with Crippen LogP contribution in [0.3, 0.4) is 0 Å². The molecule has 3 nitrogen and oxygen atoms in total. The Hall–Kier alpha value is -1.51. The van der Waals surface area contributed by atoms with E-state index >= 15 is 0 Å². The molecule has 0 radical (unpaired) electrons. The van der Waals surface area contributed by atoms with E-state index in [1.807, 2.05) is 32.0 Å². The average molecular weight is 250 g/mol. The minimum absolute atomic E-state index is 0.262. The number of hydrogen-bond donors (Lipinski definition) is 0. The molecule has 0 aromatic heterocycles. The van der Waals surface area contributed by atoms with Crippen LogP contribution in [0.15, 0.2) is 24.3 Å². The van der Waals surface area contributed by atoms with Crippen molar-refractivity contribution in [3.05, 3.63) is 29.8 Å². The summed E-state index contributed by atoms with van der Waals surface area (Å²) >= 11 is 0. The maximum Gasteiger partial charge on any atom is 0.314 e. The Morgan fingerprint density at radius 3 is 2.56 bits per heavy atom. The lowest BCUT2D eigenvalue weighted by molar-refractivity contribution is -0.152. The van der Waals surface area contributed by atoms with Gasteiger partial charge in [0.15, 0.2) is 0 Å². The van der Waals surface area contributed by atoms with Crippen LogP contribution in [0.25, 0.3) is 0 Å². The molecule has 0 spiro atoms. The lowest BCUT2D eigenvalue weighted by Gasteiger charge is -2.22. The first-order chi connectivity index (χ1) is 8.36. The largest absolute Gasteiger partial charge is 0.492 e. The van der Waals surface area contributed by atoms with Gasteiger partial charge in [-0.15, -0.1) is 0 Å². The summed E-state index contributed by atoms with van der Waals surface area (Å²) in [6.45, 7) is 8.20. The minimum atomic E-state index is -0.636. The molecule has 100 valence electrons. The van der Waals surface area contributed by atoms with Crippen molar-refractivity contribution in [3.63, 3.8) is 0 Å². The van der Waals surface area contributed by atoms with Gasteiger partial charge >= 0.3 is 5.97 Å². The second-order valence-corrected chi connectivity index (χ2v) is 5.39. The summed E-state index contributed by atoms with van der Waals surface area (Å²) < 4.78 is 10.4. The third-order valence-corrected chi connectivity index (χ3v) is 2.86. The second-order valence-electron chi connectivity index (χ2n) is 5.39. The molecule has 0 unspecified atom stereocenters. The normalized spacial score (nSPS) is 11.4. The summed E-state index contributed by atoms with van der Waals surface area (Å²) in [5, 5.41) is 0. The van der Waals surface area contributed by atoms with E-state index in [1.165, 1.54) is 12.7 Å². The van der Waals surface area contributed by atoms with Crippen LogP contribution in [0.2, 0.25) is 0 Å². The number of hydrogen-bond acceptors (Lipinski definition) is 3. The van der Waals surface area contributed by atoms with Crippen LogP contribution < -0.4 is 4.74 Å². The van der Waals surface area contributed by atoms with Gasteiger partial charge in [0.2, 0.25) is 0 Å². The van der Waals surface area contributed by atoms with Crippen molar-refractivity contribution in [2.24, 2.45) is 5.41 Å². The van der Waals surface area contributed by atoms with E-state index in [4.69, 9.17) is 9.47 Å². The Kier molecular flexibility index (Phi) is 4.76. The molecular weight excluding hydrogens is 228 g/mol. The van der Waals surface area contributed by atoms with Crippen molar-refractivity contribution in [1.82, 2.24) is 0 Å². The van der Waals surface area contributed by atoms with Crippen molar-refractivity contribution >= 4 is 5.97 Å². The molecule has 18 heavy (non-hydrogen) atoms. The topological polar surface area (TPSA) is 35.5 Å². The molecule has 3 heteroatoms. The van der Waals surface area contributed by atoms with E-state index in [0.717, 1.165) is 5.75 Å². The zero-order valence-electron chi connectivity index (χ0n) is 11.8. The standard InChI is InChI=1S/C15H22O3/c1-11(2)12-7-6-8-13(9-12)18-10-15(3,4)14(16)17-5/h6-9,11H,10H2,1-5H3. The van der Waals surface area contributed by atoms with Crippen LogP contribution in [0.5, 0.6) is 5.75 Å². The van der Waals surface area contributed by atoms with Crippen molar-refractivity contribution < 1.29 is 14.3 Å². The lowest BCUT2D eigenvalue weighted by Crippen LogP contribution is -2.32. The molecule has 0 atom stereocenters. The smallest absolute Gasteiger partial charge is 0.314 e. The van der Waals surface area contributed by atoms with Gasteiger partial charge in [0, 0.05) is 0 Å². The molecule has 1 rings (SSSR count). The van der Waals surface area contributed by atoms with E-state index in [0.29, 0.717) is 12.5 Å². The molecule has 0 fully saturated rings. The first kappa shape index (κ1) is 14.6. The second kappa shape index (κ2) is 5.89. The fourth-order valence-electron chi connectivity index (χ4n) is 1.56. The first-order valence-corrected chi connectivity index (χ1v) is 6.18. The van der Waals surface area contributed by atoms with Gasteiger partial charge in [0.25, 0.3) is 0 Å². The zero-order valence-corrected chi connectivity index (χ0v) is 11.8. The molecule has 0 saturated carbocycles. The fraction of sp³-hybridized carbons (Fsp3) is 0.533. The van der Waals surface area contributed by atoms with Gasteiger partial charge in [-0.2, -0.15) is 0 Å². The van der Waals surface area contributed by atoms with Gasteiger partial charge < -0.3 is 9.47 Å². The number of carbonyl (C=O) groups is 1. The van der Waals surface area contributed by atoms with Crippen LogP contribution >= 0.6 is 0 Å². The molecule has 0 aliphatic heterocycles.